The number of nitrogens with one attached hydrogen (secondary N) is 1. The minimum absolute atomic E-state index is 0.121. The topological polar surface area (TPSA) is 127 Å². The molecule has 6 rings (SSSR count). The van der Waals surface area contributed by atoms with E-state index in [-0.39, 0.29) is 17.3 Å². The molecule has 2 aromatic carbocycles. The summed E-state index contributed by atoms with van der Waals surface area (Å²) >= 11 is 0. The van der Waals surface area contributed by atoms with E-state index in [1.54, 1.807) is 29.1 Å². The summed E-state index contributed by atoms with van der Waals surface area (Å²) in [5.74, 6) is -0.701. The molecule has 1 amide bonds. The standard InChI is InChI=1S/C25H19FN8O/c1-33-13-29-17-7-4-15(10-19(17)33)21-20(14-2-5-16(26)6-3-14)31-22(28)23-30-18(11-34(21)23)24(35)32-25(12-27)8-9-25/h2-7,10-11,13H,8-9H2,1H3,(H2,28,31)(H,32,35). The van der Waals surface area contributed by atoms with Crippen LogP contribution in [0.5, 0.6) is 0 Å². The summed E-state index contributed by atoms with van der Waals surface area (Å²) in [4.78, 5) is 26.3. The van der Waals surface area contributed by atoms with Gasteiger partial charge in [-0.1, -0.05) is 6.07 Å². The monoisotopic (exact) mass is 466 g/mol. The van der Waals surface area contributed by atoms with Crippen LogP contribution in [-0.4, -0.2) is 35.4 Å². The number of nitrogens with two attached hydrogens (primary N) is 1. The first-order chi connectivity index (χ1) is 16.9. The molecular weight excluding hydrogens is 447 g/mol. The third-order valence-electron chi connectivity index (χ3n) is 6.30. The number of aromatic nitrogens is 5. The number of benzene rings is 2. The number of carbonyl (C=O) groups excluding carboxylic acids is 1. The van der Waals surface area contributed by atoms with E-state index in [2.05, 4.69) is 26.3 Å². The summed E-state index contributed by atoms with van der Waals surface area (Å²) < 4.78 is 17.3. The predicted molar refractivity (Wildman–Crippen MR) is 128 cm³/mol. The number of aryl methyl sites for hydroxylation is 1. The van der Waals surface area contributed by atoms with Crippen molar-refractivity contribution in [3.05, 3.63) is 66.5 Å². The predicted octanol–water partition coefficient (Wildman–Crippen LogP) is 3.46. The van der Waals surface area contributed by atoms with E-state index in [9.17, 15) is 14.4 Å². The van der Waals surface area contributed by atoms with Crippen LogP contribution in [0.1, 0.15) is 23.3 Å². The van der Waals surface area contributed by atoms with Crippen molar-refractivity contribution in [3.63, 3.8) is 0 Å². The number of fused-ring (bicyclic) bond motifs is 2. The maximum absolute atomic E-state index is 13.7. The minimum atomic E-state index is -0.830. The Hall–Kier alpha value is -4.78. The SMILES string of the molecule is Cn1cnc2ccc(-c3c(-c4ccc(F)cc4)nc(N)c4nc(C(=O)NC5(C#N)CC5)cn34)cc21. The van der Waals surface area contributed by atoms with E-state index < -0.39 is 11.4 Å². The van der Waals surface area contributed by atoms with Crippen LogP contribution in [-0.2, 0) is 7.05 Å². The number of nitrogen functional groups attached to an aromatic ring is 1. The van der Waals surface area contributed by atoms with Gasteiger partial charge in [0.15, 0.2) is 11.5 Å². The molecule has 9 nitrogen and oxygen atoms in total. The molecule has 0 aliphatic heterocycles. The van der Waals surface area contributed by atoms with Gasteiger partial charge in [-0.05, 0) is 49.2 Å². The first kappa shape index (κ1) is 20.8. The Morgan fingerprint density at radius 1 is 1.17 bits per heavy atom. The quantitative estimate of drug-likeness (QED) is 0.418. The fourth-order valence-corrected chi connectivity index (χ4v) is 4.21. The van der Waals surface area contributed by atoms with Gasteiger partial charge in [0.2, 0.25) is 0 Å². The molecule has 0 radical (unpaired) electrons. The molecule has 0 spiro atoms. The first-order valence-electron chi connectivity index (χ1n) is 11.0. The summed E-state index contributed by atoms with van der Waals surface area (Å²) in [7, 11) is 1.90. The molecule has 0 bridgehead atoms. The molecule has 172 valence electrons. The minimum Gasteiger partial charge on any atom is -0.381 e. The molecule has 0 saturated heterocycles. The Morgan fingerprint density at radius 2 is 1.91 bits per heavy atom. The molecule has 35 heavy (non-hydrogen) atoms. The molecule has 10 heteroatoms. The molecule has 3 heterocycles. The highest BCUT2D eigenvalue weighted by Gasteiger charge is 2.45. The van der Waals surface area contributed by atoms with Gasteiger partial charge in [-0.25, -0.2) is 19.3 Å². The van der Waals surface area contributed by atoms with Crippen LogP contribution in [0.4, 0.5) is 10.2 Å². The number of nitrogens with zero attached hydrogens (tertiary/aromatic N) is 6. The lowest BCUT2D eigenvalue weighted by Crippen LogP contribution is -2.35. The Morgan fingerprint density at radius 3 is 2.63 bits per heavy atom. The van der Waals surface area contributed by atoms with E-state index in [1.807, 2.05) is 29.8 Å². The number of rotatable bonds is 4. The van der Waals surface area contributed by atoms with Crippen molar-refractivity contribution in [1.82, 2.24) is 29.2 Å². The van der Waals surface area contributed by atoms with Gasteiger partial charge in [-0.15, -0.1) is 0 Å². The van der Waals surface area contributed by atoms with Crippen molar-refractivity contribution >= 4 is 28.4 Å². The van der Waals surface area contributed by atoms with Gasteiger partial charge in [-0.3, -0.25) is 9.20 Å². The highest BCUT2D eigenvalue weighted by Crippen LogP contribution is 2.36. The van der Waals surface area contributed by atoms with Crippen molar-refractivity contribution in [2.75, 3.05) is 5.73 Å². The van der Waals surface area contributed by atoms with Gasteiger partial charge in [0.1, 0.15) is 17.1 Å². The average molecular weight is 466 g/mol. The van der Waals surface area contributed by atoms with Crippen LogP contribution in [0.15, 0.2) is 55.0 Å². The first-order valence-corrected chi connectivity index (χ1v) is 11.0. The normalized spacial score (nSPS) is 14.2. The zero-order chi connectivity index (χ0) is 24.3. The highest BCUT2D eigenvalue weighted by atomic mass is 19.1. The molecule has 0 atom stereocenters. The second kappa shape index (κ2) is 7.36. The number of halogens is 1. The number of amides is 1. The smallest absolute Gasteiger partial charge is 0.272 e. The molecule has 1 saturated carbocycles. The van der Waals surface area contributed by atoms with E-state index >= 15 is 0 Å². The van der Waals surface area contributed by atoms with Crippen LogP contribution >= 0.6 is 0 Å². The third-order valence-corrected chi connectivity index (χ3v) is 6.30. The van der Waals surface area contributed by atoms with E-state index in [0.717, 1.165) is 16.6 Å². The summed E-state index contributed by atoms with van der Waals surface area (Å²) in [5, 5.41) is 12.1. The van der Waals surface area contributed by atoms with E-state index in [0.29, 0.717) is 35.4 Å². The van der Waals surface area contributed by atoms with Crippen molar-refractivity contribution < 1.29 is 9.18 Å². The number of hydrogen-bond acceptors (Lipinski definition) is 6. The lowest BCUT2D eigenvalue weighted by molar-refractivity contribution is 0.0937. The van der Waals surface area contributed by atoms with Crippen molar-refractivity contribution in [2.45, 2.75) is 18.4 Å². The van der Waals surface area contributed by atoms with Gasteiger partial charge >= 0.3 is 0 Å². The molecule has 3 N–H and O–H groups in total. The van der Waals surface area contributed by atoms with Gasteiger partial charge in [-0.2, -0.15) is 5.26 Å². The molecule has 1 fully saturated rings. The fraction of sp³-hybridized carbons (Fsp3) is 0.160. The molecule has 1 aliphatic carbocycles. The zero-order valence-corrected chi connectivity index (χ0v) is 18.7. The van der Waals surface area contributed by atoms with Gasteiger partial charge in [0.05, 0.1) is 34.8 Å². The third kappa shape index (κ3) is 3.36. The molecule has 0 unspecified atom stereocenters. The number of nitriles is 1. The summed E-state index contributed by atoms with van der Waals surface area (Å²) in [6.07, 6.45) is 4.54. The highest BCUT2D eigenvalue weighted by molar-refractivity contribution is 5.95. The number of hydrogen-bond donors (Lipinski definition) is 2. The fourth-order valence-electron chi connectivity index (χ4n) is 4.21. The van der Waals surface area contributed by atoms with Crippen molar-refractivity contribution in [2.24, 2.45) is 7.05 Å². The molecular formula is C25H19FN8O. The summed E-state index contributed by atoms with van der Waals surface area (Å²) in [6, 6.07) is 13.9. The number of anilines is 1. The number of carbonyl (C=O) groups is 1. The van der Waals surface area contributed by atoms with Crippen LogP contribution in [0.3, 0.4) is 0 Å². The molecule has 1 aliphatic rings. The Kier molecular flexibility index (Phi) is 4.38. The Balaban J connectivity index is 1.60. The average Bonchev–Trinajstić information content (AvgIpc) is 3.31. The van der Waals surface area contributed by atoms with E-state index in [4.69, 9.17) is 5.73 Å². The Bertz CT molecular complexity index is 1690. The van der Waals surface area contributed by atoms with Crippen LogP contribution < -0.4 is 11.1 Å². The van der Waals surface area contributed by atoms with Crippen molar-refractivity contribution in [1.29, 1.82) is 5.26 Å². The van der Waals surface area contributed by atoms with Crippen molar-refractivity contribution in [3.8, 4) is 28.6 Å². The van der Waals surface area contributed by atoms with Crippen LogP contribution in [0.2, 0.25) is 0 Å². The second-order valence-electron chi connectivity index (χ2n) is 8.73. The second-order valence-corrected chi connectivity index (χ2v) is 8.73. The Labute approximate surface area is 198 Å². The van der Waals surface area contributed by atoms with Crippen LogP contribution in [0.25, 0.3) is 39.2 Å². The van der Waals surface area contributed by atoms with Crippen LogP contribution in [0, 0.1) is 17.1 Å². The summed E-state index contributed by atoms with van der Waals surface area (Å²) in [5.41, 5.74) is 10.2. The van der Waals surface area contributed by atoms with Gasteiger partial charge < -0.3 is 15.6 Å². The van der Waals surface area contributed by atoms with Gasteiger partial charge in [0, 0.05) is 24.4 Å². The lowest BCUT2D eigenvalue weighted by atomic mass is 10.0. The largest absolute Gasteiger partial charge is 0.381 e. The van der Waals surface area contributed by atoms with Gasteiger partial charge in [0.25, 0.3) is 5.91 Å². The number of imidazole rings is 2. The zero-order valence-electron chi connectivity index (χ0n) is 18.7. The lowest BCUT2D eigenvalue weighted by Gasteiger charge is -2.14. The maximum atomic E-state index is 13.7. The summed E-state index contributed by atoms with van der Waals surface area (Å²) in [6.45, 7) is 0. The molecule has 5 aromatic rings. The maximum Gasteiger partial charge on any atom is 0.272 e. The molecule has 3 aromatic heterocycles. The van der Waals surface area contributed by atoms with E-state index in [1.165, 1.54) is 12.1 Å².